The first kappa shape index (κ1) is 15.9. The molecule has 0 aromatic carbocycles. The highest BCUT2D eigenvalue weighted by Gasteiger charge is 2.22. The second kappa shape index (κ2) is 10.1. The van der Waals surface area contributed by atoms with Crippen LogP contribution < -0.4 is 5.73 Å². The van der Waals surface area contributed by atoms with Crippen LogP contribution in [0.5, 0.6) is 0 Å². The molecule has 0 saturated heterocycles. The summed E-state index contributed by atoms with van der Waals surface area (Å²) in [5, 5.41) is 9.37. The van der Waals surface area contributed by atoms with Gasteiger partial charge in [0.25, 0.3) is 0 Å². The average molecular weight is 229 g/mol. The summed E-state index contributed by atoms with van der Waals surface area (Å²) in [5.41, 5.74) is 5.91. The topological polar surface area (TPSA) is 46.2 Å². The number of rotatable bonds is 11. The van der Waals surface area contributed by atoms with Crippen molar-refractivity contribution in [2.24, 2.45) is 5.73 Å². The first-order chi connectivity index (χ1) is 7.68. The molecule has 0 heterocycles. The van der Waals surface area contributed by atoms with Gasteiger partial charge < -0.3 is 10.8 Å². The second-order valence-electron chi connectivity index (χ2n) is 5.14. The Morgan fingerprint density at radius 1 is 0.812 bits per heavy atom. The van der Waals surface area contributed by atoms with E-state index in [2.05, 4.69) is 13.8 Å². The third-order valence-corrected chi connectivity index (χ3v) is 3.37. The lowest BCUT2D eigenvalue weighted by Gasteiger charge is -2.27. The van der Waals surface area contributed by atoms with E-state index in [1.54, 1.807) is 0 Å². The predicted molar refractivity (Wildman–Crippen MR) is 71.5 cm³/mol. The zero-order valence-corrected chi connectivity index (χ0v) is 11.3. The molecule has 16 heavy (non-hydrogen) atoms. The normalized spacial score (nSPS) is 12.0. The molecule has 0 rings (SSSR count). The molecule has 2 nitrogen and oxygen atoms in total. The van der Waals surface area contributed by atoms with E-state index >= 15 is 0 Å². The summed E-state index contributed by atoms with van der Waals surface area (Å²) in [6.45, 7) is 4.57. The van der Waals surface area contributed by atoms with Crippen molar-refractivity contribution in [2.75, 3.05) is 6.61 Å². The van der Waals surface area contributed by atoms with E-state index in [4.69, 9.17) is 5.73 Å². The smallest absolute Gasteiger partial charge is 0.0611 e. The molecule has 0 aromatic heterocycles. The van der Waals surface area contributed by atoms with Gasteiger partial charge in [-0.1, -0.05) is 65.2 Å². The summed E-state index contributed by atoms with van der Waals surface area (Å²) >= 11 is 0. The molecular formula is C14H31NO. The largest absolute Gasteiger partial charge is 0.394 e. The van der Waals surface area contributed by atoms with Crippen LogP contribution in [-0.2, 0) is 0 Å². The van der Waals surface area contributed by atoms with Crippen LogP contribution in [0.3, 0.4) is 0 Å². The van der Waals surface area contributed by atoms with Crippen LogP contribution in [0.15, 0.2) is 0 Å². The van der Waals surface area contributed by atoms with Gasteiger partial charge in [0.2, 0.25) is 0 Å². The molecule has 0 unspecified atom stereocenters. The predicted octanol–water partition coefficient (Wildman–Crippen LogP) is 3.62. The van der Waals surface area contributed by atoms with Gasteiger partial charge >= 0.3 is 0 Å². The fraction of sp³-hybridized carbons (Fsp3) is 1.00. The van der Waals surface area contributed by atoms with Gasteiger partial charge in [0.1, 0.15) is 0 Å². The van der Waals surface area contributed by atoms with Crippen molar-refractivity contribution < 1.29 is 5.11 Å². The van der Waals surface area contributed by atoms with Crippen molar-refractivity contribution in [2.45, 2.75) is 83.6 Å². The lowest BCUT2D eigenvalue weighted by atomic mass is 9.88. The zero-order chi connectivity index (χ0) is 12.3. The van der Waals surface area contributed by atoms with E-state index < -0.39 is 0 Å². The third-order valence-electron chi connectivity index (χ3n) is 3.37. The van der Waals surface area contributed by atoms with E-state index in [1.165, 1.54) is 51.4 Å². The van der Waals surface area contributed by atoms with Gasteiger partial charge in [-0.3, -0.25) is 0 Å². The summed E-state index contributed by atoms with van der Waals surface area (Å²) in [6.07, 6.45) is 11.9. The molecule has 0 fully saturated rings. The van der Waals surface area contributed by atoms with E-state index in [0.29, 0.717) is 0 Å². The highest BCUT2D eigenvalue weighted by atomic mass is 16.3. The standard InChI is InChI=1S/C14H31NO/c1-3-5-7-9-11-14(15,13-16)12-10-8-6-4-2/h16H,3-13,15H2,1-2H3. The van der Waals surface area contributed by atoms with Crippen LogP contribution in [-0.4, -0.2) is 17.3 Å². The molecular weight excluding hydrogens is 198 g/mol. The number of nitrogens with two attached hydrogens (primary N) is 1. The van der Waals surface area contributed by atoms with E-state index in [-0.39, 0.29) is 12.1 Å². The molecule has 0 atom stereocenters. The molecule has 3 N–H and O–H groups in total. The van der Waals surface area contributed by atoms with Crippen molar-refractivity contribution in [3.05, 3.63) is 0 Å². The van der Waals surface area contributed by atoms with Crippen molar-refractivity contribution in [3.63, 3.8) is 0 Å². The molecule has 0 amide bonds. The maximum Gasteiger partial charge on any atom is 0.0611 e. The Balaban J connectivity index is 3.64. The Morgan fingerprint density at radius 2 is 1.25 bits per heavy atom. The van der Waals surface area contributed by atoms with Crippen LogP contribution >= 0.6 is 0 Å². The highest BCUT2D eigenvalue weighted by Crippen LogP contribution is 2.20. The van der Waals surface area contributed by atoms with Crippen molar-refractivity contribution in [1.82, 2.24) is 0 Å². The van der Waals surface area contributed by atoms with Gasteiger partial charge in [-0.25, -0.2) is 0 Å². The Hall–Kier alpha value is -0.0800. The molecule has 2 heteroatoms. The minimum Gasteiger partial charge on any atom is -0.394 e. The van der Waals surface area contributed by atoms with E-state index in [0.717, 1.165) is 12.8 Å². The first-order valence-corrected chi connectivity index (χ1v) is 7.08. The summed E-state index contributed by atoms with van der Waals surface area (Å²) in [5.74, 6) is 0. The summed E-state index contributed by atoms with van der Waals surface area (Å²) < 4.78 is 0. The summed E-state index contributed by atoms with van der Waals surface area (Å²) in [6, 6.07) is 0. The fourth-order valence-corrected chi connectivity index (χ4v) is 2.09. The average Bonchev–Trinajstić information content (AvgIpc) is 2.31. The Labute approximate surface area is 102 Å². The summed E-state index contributed by atoms with van der Waals surface area (Å²) in [4.78, 5) is 0. The lowest BCUT2D eigenvalue weighted by molar-refractivity contribution is 0.171. The number of unbranched alkanes of at least 4 members (excludes halogenated alkanes) is 6. The van der Waals surface area contributed by atoms with Gasteiger partial charge in [-0.05, 0) is 12.8 Å². The number of aliphatic hydroxyl groups excluding tert-OH is 1. The molecule has 0 aliphatic rings. The van der Waals surface area contributed by atoms with Gasteiger partial charge in [0, 0.05) is 5.54 Å². The molecule has 0 aromatic rings. The Bertz CT molecular complexity index is 136. The molecule has 0 saturated carbocycles. The number of hydrogen-bond acceptors (Lipinski definition) is 2. The van der Waals surface area contributed by atoms with Crippen LogP contribution in [0.4, 0.5) is 0 Å². The minimum atomic E-state index is -0.304. The maximum absolute atomic E-state index is 9.37. The molecule has 0 aliphatic heterocycles. The van der Waals surface area contributed by atoms with Crippen molar-refractivity contribution in [1.29, 1.82) is 0 Å². The van der Waals surface area contributed by atoms with Gasteiger partial charge in [-0.2, -0.15) is 0 Å². The molecule has 0 spiro atoms. The van der Waals surface area contributed by atoms with Gasteiger partial charge in [-0.15, -0.1) is 0 Å². The molecule has 98 valence electrons. The highest BCUT2D eigenvalue weighted by molar-refractivity contribution is 4.83. The maximum atomic E-state index is 9.37. The van der Waals surface area contributed by atoms with Gasteiger partial charge in [0.05, 0.1) is 6.61 Å². The third kappa shape index (κ3) is 8.12. The van der Waals surface area contributed by atoms with Crippen molar-refractivity contribution in [3.8, 4) is 0 Å². The lowest BCUT2D eigenvalue weighted by Crippen LogP contribution is -2.43. The van der Waals surface area contributed by atoms with E-state index in [1.807, 2.05) is 0 Å². The van der Waals surface area contributed by atoms with Crippen LogP contribution in [0.25, 0.3) is 0 Å². The SMILES string of the molecule is CCCCCCC(N)(CO)CCCCCC. The zero-order valence-electron chi connectivity index (χ0n) is 11.3. The molecule has 0 radical (unpaired) electrons. The fourth-order valence-electron chi connectivity index (χ4n) is 2.09. The Kier molecular flexibility index (Phi) is 10.0. The van der Waals surface area contributed by atoms with Gasteiger partial charge in [0.15, 0.2) is 0 Å². The van der Waals surface area contributed by atoms with E-state index in [9.17, 15) is 5.11 Å². The van der Waals surface area contributed by atoms with Crippen molar-refractivity contribution >= 4 is 0 Å². The van der Waals surface area contributed by atoms with Crippen LogP contribution in [0.1, 0.15) is 78.1 Å². The van der Waals surface area contributed by atoms with Crippen LogP contribution in [0, 0.1) is 0 Å². The monoisotopic (exact) mass is 229 g/mol. The number of hydrogen-bond donors (Lipinski definition) is 2. The molecule has 0 bridgehead atoms. The van der Waals surface area contributed by atoms with Crippen LogP contribution in [0.2, 0.25) is 0 Å². The first-order valence-electron chi connectivity index (χ1n) is 7.08. The minimum absolute atomic E-state index is 0.144. The Morgan fingerprint density at radius 3 is 1.56 bits per heavy atom. The quantitative estimate of drug-likeness (QED) is 0.532. The molecule has 0 aliphatic carbocycles. The second-order valence-corrected chi connectivity index (χ2v) is 5.14. The number of aliphatic hydroxyl groups is 1. The summed E-state index contributed by atoms with van der Waals surface area (Å²) in [7, 11) is 0.